The van der Waals surface area contributed by atoms with Crippen molar-refractivity contribution >= 4 is 44.9 Å². The molecule has 108 valence electrons. The summed E-state index contributed by atoms with van der Waals surface area (Å²) in [6.07, 6.45) is 0. The predicted octanol–water partition coefficient (Wildman–Crippen LogP) is 1.81. The molecule has 0 amide bonds. The van der Waals surface area contributed by atoms with E-state index in [9.17, 15) is 8.42 Å². The third-order valence-corrected chi connectivity index (χ3v) is 4.39. The van der Waals surface area contributed by atoms with Crippen LogP contribution in [0.2, 0.25) is 10.0 Å². The van der Waals surface area contributed by atoms with E-state index in [1.165, 1.54) is 16.8 Å². The molecule has 0 atom stereocenters. The summed E-state index contributed by atoms with van der Waals surface area (Å²) in [5.74, 6) is 0.533. The number of nitrogen functional groups attached to an aromatic ring is 1. The van der Waals surface area contributed by atoms with Crippen LogP contribution in [-0.4, -0.2) is 23.2 Å². The van der Waals surface area contributed by atoms with Gasteiger partial charge in [-0.15, -0.1) is 0 Å². The van der Waals surface area contributed by atoms with Crippen molar-refractivity contribution in [2.75, 3.05) is 10.5 Å². The van der Waals surface area contributed by atoms with Crippen molar-refractivity contribution in [3.63, 3.8) is 0 Å². The number of rotatable bonds is 3. The zero-order valence-corrected chi connectivity index (χ0v) is 12.9. The zero-order valence-electron chi connectivity index (χ0n) is 10.6. The Morgan fingerprint density at radius 3 is 2.30 bits per heavy atom. The molecule has 0 fully saturated rings. The van der Waals surface area contributed by atoms with E-state index in [2.05, 4.69) is 14.8 Å². The summed E-state index contributed by atoms with van der Waals surface area (Å²) < 4.78 is 28.1. The number of aromatic nitrogens is 3. The second kappa shape index (κ2) is 5.12. The Kier molecular flexibility index (Phi) is 3.81. The molecule has 1 aromatic carbocycles. The molecular weight excluding hydrogens is 325 g/mol. The Bertz CT molecular complexity index is 749. The number of sulfonamides is 1. The number of aryl methyl sites for hydroxylation is 2. The van der Waals surface area contributed by atoms with Gasteiger partial charge in [0.1, 0.15) is 5.82 Å². The van der Waals surface area contributed by atoms with Gasteiger partial charge in [0.05, 0.1) is 20.6 Å². The molecule has 0 aliphatic carbocycles. The Hall–Kier alpha value is -1.51. The largest absolute Gasteiger partial charge is 0.396 e. The second-order valence-corrected chi connectivity index (χ2v) is 6.51. The lowest BCUT2D eigenvalue weighted by molar-refractivity contribution is 0.600. The van der Waals surface area contributed by atoms with Crippen LogP contribution in [0.25, 0.3) is 0 Å². The van der Waals surface area contributed by atoms with Gasteiger partial charge in [0.2, 0.25) is 5.95 Å². The first-order valence-electron chi connectivity index (χ1n) is 5.35. The first-order chi connectivity index (χ1) is 9.20. The highest BCUT2D eigenvalue weighted by atomic mass is 35.5. The van der Waals surface area contributed by atoms with E-state index >= 15 is 0 Å². The van der Waals surface area contributed by atoms with Crippen LogP contribution < -0.4 is 10.5 Å². The summed E-state index contributed by atoms with van der Waals surface area (Å²) in [6, 6.07) is 2.43. The minimum absolute atomic E-state index is 0.0621. The minimum atomic E-state index is -3.88. The standard InChI is InChI=1S/C10H11Cl2N5O2S/c1-5-14-10(17(2)15-5)16-20(18,19)6-3-7(11)9(13)8(12)4-6/h3-4H,13H2,1-2H3,(H,14,15,16). The highest BCUT2D eigenvalue weighted by Crippen LogP contribution is 2.31. The van der Waals surface area contributed by atoms with Crippen LogP contribution >= 0.6 is 23.2 Å². The third kappa shape index (κ3) is 2.82. The van der Waals surface area contributed by atoms with E-state index in [4.69, 9.17) is 28.9 Å². The Morgan fingerprint density at radius 2 is 1.85 bits per heavy atom. The van der Waals surface area contributed by atoms with Gasteiger partial charge in [0.25, 0.3) is 10.0 Å². The average Bonchev–Trinajstić information content (AvgIpc) is 2.63. The van der Waals surface area contributed by atoms with Gasteiger partial charge in [-0.25, -0.2) is 17.8 Å². The minimum Gasteiger partial charge on any atom is -0.396 e. The molecule has 0 bridgehead atoms. The first kappa shape index (κ1) is 14.9. The van der Waals surface area contributed by atoms with Crippen molar-refractivity contribution < 1.29 is 8.42 Å². The molecule has 1 heterocycles. The van der Waals surface area contributed by atoms with Gasteiger partial charge in [0.15, 0.2) is 0 Å². The predicted molar refractivity (Wildman–Crippen MR) is 77.4 cm³/mol. The molecule has 0 saturated carbocycles. The van der Waals surface area contributed by atoms with Crippen LogP contribution in [0.3, 0.4) is 0 Å². The normalized spacial score (nSPS) is 11.6. The summed E-state index contributed by atoms with van der Waals surface area (Å²) in [5, 5.41) is 4.07. The Balaban J connectivity index is 2.43. The lowest BCUT2D eigenvalue weighted by Crippen LogP contribution is -2.16. The smallest absolute Gasteiger partial charge is 0.264 e. The molecule has 2 rings (SSSR count). The van der Waals surface area contributed by atoms with Crippen molar-refractivity contribution in [3.8, 4) is 0 Å². The zero-order chi connectivity index (χ0) is 15.1. The fourth-order valence-electron chi connectivity index (χ4n) is 1.50. The third-order valence-electron chi connectivity index (χ3n) is 2.46. The van der Waals surface area contributed by atoms with Gasteiger partial charge < -0.3 is 5.73 Å². The van der Waals surface area contributed by atoms with E-state index in [1.807, 2.05) is 0 Å². The van der Waals surface area contributed by atoms with Crippen LogP contribution in [-0.2, 0) is 17.1 Å². The molecule has 0 spiro atoms. The molecule has 1 aromatic heterocycles. The Morgan fingerprint density at radius 1 is 1.30 bits per heavy atom. The molecule has 0 aliphatic heterocycles. The van der Waals surface area contributed by atoms with E-state index in [1.54, 1.807) is 14.0 Å². The fraction of sp³-hybridized carbons (Fsp3) is 0.200. The van der Waals surface area contributed by atoms with Crippen LogP contribution in [0.15, 0.2) is 17.0 Å². The Labute approximate surface area is 125 Å². The van der Waals surface area contributed by atoms with Gasteiger partial charge in [0, 0.05) is 7.05 Å². The number of nitrogens with one attached hydrogen (secondary N) is 1. The maximum Gasteiger partial charge on any atom is 0.264 e. The monoisotopic (exact) mass is 335 g/mol. The molecule has 3 N–H and O–H groups in total. The number of hydrogen-bond donors (Lipinski definition) is 2. The summed E-state index contributed by atoms with van der Waals surface area (Å²) in [4.78, 5) is 3.85. The fourth-order valence-corrected chi connectivity index (χ4v) is 3.20. The van der Waals surface area contributed by atoms with E-state index in [-0.39, 0.29) is 26.6 Å². The van der Waals surface area contributed by atoms with Crippen molar-refractivity contribution in [1.29, 1.82) is 0 Å². The number of nitrogens with zero attached hydrogens (tertiary/aromatic N) is 3. The maximum absolute atomic E-state index is 12.2. The molecule has 0 aliphatic rings. The lowest BCUT2D eigenvalue weighted by Gasteiger charge is -2.09. The molecule has 7 nitrogen and oxygen atoms in total. The summed E-state index contributed by atoms with van der Waals surface area (Å²) >= 11 is 11.7. The number of benzene rings is 1. The van der Waals surface area contributed by atoms with Crippen molar-refractivity contribution in [2.45, 2.75) is 11.8 Å². The van der Waals surface area contributed by atoms with Crippen molar-refractivity contribution in [1.82, 2.24) is 14.8 Å². The topological polar surface area (TPSA) is 103 Å². The molecule has 20 heavy (non-hydrogen) atoms. The van der Waals surface area contributed by atoms with Crippen LogP contribution in [0, 0.1) is 6.92 Å². The number of nitrogens with two attached hydrogens (primary N) is 1. The number of hydrogen-bond acceptors (Lipinski definition) is 5. The molecular formula is C10H11Cl2N5O2S. The lowest BCUT2D eigenvalue weighted by atomic mass is 10.3. The van der Waals surface area contributed by atoms with Crippen molar-refractivity contribution in [3.05, 3.63) is 28.0 Å². The van der Waals surface area contributed by atoms with Gasteiger partial charge in [-0.3, -0.25) is 0 Å². The maximum atomic E-state index is 12.2. The summed E-state index contributed by atoms with van der Waals surface area (Å²) in [7, 11) is -2.31. The van der Waals surface area contributed by atoms with Crippen LogP contribution in [0.5, 0.6) is 0 Å². The summed E-state index contributed by atoms with van der Waals surface area (Å²) in [6.45, 7) is 1.65. The molecule has 10 heteroatoms. The number of halogens is 2. The van der Waals surface area contributed by atoms with Gasteiger partial charge >= 0.3 is 0 Å². The molecule has 2 aromatic rings. The van der Waals surface area contributed by atoms with Gasteiger partial charge in [-0.1, -0.05) is 23.2 Å². The molecule has 0 unspecified atom stereocenters. The highest BCUT2D eigenvalue weighted by molar-refractivity contribution is 7.92. The quantitative estimate of drug-likeness (QED) is 0.832. The van der Waals surface area contributed by atoms with E-state index in [0.717, 1.165) is 0 Å². The van der Waals surface area contributed by atoms with Crippen LogP contribution in [0.1, 0.15) is 5.82 Å². The average molecular weight is 336 g/mol. The number of anilines is 2. The molecule has 0 radical (unpaired) electrons. The SMILES string of the molecule is Cc1nc(NS(=O)(=O)c2cc(Cl)c(N)c(Cl)c2)n(C)n1. The van der Waals surface area contributed by atoms with Crippen molar-refractivity contribution in [2.24, 2.45) is 7.05 Å². The van der Waals surface area contributed by atoms with Crippen LogP contribution in [0.4, 0.5) is 11.6 Å². The first-order valence-corrected chi connectivity index (χ1v) is 7.59. The van der Waals surface area contributed by atoms with E-state index in [0.29, 0.717) is 5.82 Å². The van der Waals surface area contributed by atoms with Gasteiger partial charge in [-0.05, 0) is 19.1 Å². The van der Waals surface area contributed by atoms with E-state index < -0.39 is 10.0 Å². The second-order valence-electron chi connectivity index (χ2n) is 4.01. The highest BCUT2D eigenvalue weighted by Gasteiger charge is 2.20. The van der Waals surface area contributed by atoms with Gasteiger partial charge in [-0.2, -0.15) is 10.1 Å². The molecule has 0 saturated heterocycles. The summed E-state index contributed by atoms with van der Waals surface area (Å²) in [5.41, 5.74) is 5.70.